The van der Waals surface area contributed by atoms with E-state index in [1.807, 2.05) is 42.1 Å². The maximum atomic E-state index is 6.23. The molecule has 124 valence electrons. The molecule has 2 atom stereocenters. The smallest absolute Gasteiger partial charge is 0.206 e. The van der Waals surface area contributed by atoms with E-state index in [9.17, 15) is 0 Å². The summed E-state index contributed by atoms with van der Waals surface area (Å²) in [7, 11) is 1.97. The first kappa shape index (κ1) is 15.6. The molecule has 1 fully saturated rings. The topological polar surface area (TPSA) is 64.9 Å². The van der Waals surface area contributed by atoms with Crippen molar-refractivity contribution in [2.45, 2.75) is 18.6 Å². The van der Waals surface area contributed by atoms with Crippen LogP contribution >= 0.6 is 22.9 Å². The highest BCUT2D eigenvalue weighted by atomic mass is 35.5. The Morgan fingerprint density at radius 1 is 1.33 bits per heavy atom. The molecule has 0 saturated carbocycles. The van der Waals surface area contributed by atoms with E-state index in [-0.39, 0.29) is 12.1 Å². The second-order valence-corrected chi connectivity index (χ2v) is 7.00. The number of anilines is 1. The van der Waals surface area contributed by atoms with Gasteiger partial charge in [-0.3, -0.25) is 0 Å². The summed E-state index contributed by atoms with van der Waals surface area (Å²) in [4.78, 5) is 4.40. The van der Waals surface area contributed by atoms with Crippen molar-refractivity contribution in [3.63, 3.8) is 0 Å². The van der Waals surface area contributed by atoms with Crippen molar-refractivity contribution in [3.05, 3.63) is 47.5 Å². The Morgan fingerprint density at radius 3 is 3.00 bits per heavy atom. The Morgan fingerprint density at radius 2 is 2.21 bits per heavy atom. The maximum Gasteiger partial charge on any atom is 0.206 e. The molecule has 3 heterocycles. The molecular formula is C16H16ClN5OS. The van der Waals surface area contributed by atoms with E-state index < -0.39 is 0 Å². The van der Waals surface area contributed by atoms with Crippen LogP contribution in [0.2, 0.25) is 5.02 Å². The van der Waals surface area contributed by atoms with Crippen LogP contribution in [-0.4, -0.2) is 32.4 Å². The highest BCUT2D eigenvalue weighted by molar-refractivity contribution is 7.18. The number of imidazole rings is 1. The maximum absolute atomic E-state index is 6.23. The summed E-state index contributed by atoms with van der Waals surface area (Å²) >= 11 is 7.72. The van der Waals surface area contributed by atoms with E-state index in [4.69, 9.17) is 16.3 Å². The largest absolute Gasteiger partial charge is 0.368 e. The minimum atomic E-state index is -0.0855. The molecular weight excluding hydrogens is 346 g/mol. The van der Waals surface area contributed by atoms with Gasteiger partial charge in [0.2, 0.25) is 5.13 Å². The van der Waals surface area contributed by atoms with Gasteiger partial charge in [-0.1, -0.05) is 41.1 Å². The summed E-state index contributed by atoms with van der Waals surface area (Å²) in [5.41, 5.74) is 0.896. The Balaban J connectivity index is 1.54. The van der Waals surface area contributed by atoms with Crippen molar-refractivity contribution in [2.75, 3.05) is 11.9 Å². The van der Waals surface area contributed by atoms with Crippen LogP contribution in [0.15, 0.2) is 36.7 Å². The van der Waals surface area contributed by atoms with E-state index in [0.29, 0.717) is 11.6 Å². The first-order valence-corrected chi connectivity index (χ1v) is 8.85. The third kappa shape index (κ3) is 2.90. The van der Waals surface area contributed by atoms with Crippen LogP contribution in [0, 0.1) is 0 Å². The SMILES string of the molecule is Cn1ccnc1[C@H]1OCC[C@@H]1Nc1nnc(-c2ccccc2Cl)s1. The van der Waals surface area contributed by atoms with Crippen LogP contribution in [0.1, 0.15) is 18.3 Å². The summed E-state index contributed by atoms with van der Waals surface area (Å²) in [6.45, 7) is 0.700. The van der Waals surface area contributed by atoms with Crippen molar-refractivity contribution in [3.8, 4) is 10.6 Å². The number of halogens is 1. The predicted molar refractivity (Wildman–Crippen MR) is 94.3 cm³/mol. The molecule has 0 aliphatic carbocycles. The van der Waals surface area contributed by atoms with Gasteiger partial charge in [0, 0.05) is 31.6 Å². The van der Waals surface area contributed by atoms with Crippen LogP contribution in [0.4, 0.5) is 5.13 Å². The number of aromatic nitrogens is 4. The molecule has 0 radical (unpaired) electrons. The third-order valence-corrected chi connectivity index (χ3v) is 5.26. The molecule has 0 spiro atoms. The zero-order valence-electron chi connectivity index (χ0n) is 13.0. The summed E-state index contributed by atoms with van der Waals surface area (Å²) in [5, 5.41) is 14.2. The quantitative estimate of drug-likeness (QED) is 0.770. The molecule has 0 unspecified atom stereocenters. The summed E-state index contributed by atoms with van der Waals surface area (Å²) in [5.74, 6) is 0.917. The number of aryl methyl sites for hydroxylation is 1. The lowest BCUT2D eigenvalue weighted by atomic mass is 10.1. The molecule has 1 N–H and O–H groups in total. The van der Waals surface area contributed by atoms with Gasteiger partial charge in [-0.25, -0.2) is 4.98 Å². The number of nitrogens with zero attached hydrogens (tertiary/aromatic N) is 4. The Bertz CT molecular complexity index is 848. The second-order valence-electron chi connectivity index (χ2n) is 5.62. The monoisotopic (exact) mass is 361 g/mol. The van der Waals surface area contributed by atoms with Gasteiger partial charge in [0.05, 0.1) is 11.1 Å². The molecule has 2 aromatic heterocycles. The lowest BCUT2D eigenvalue weighted by Gasteiger charge is -2.18. The van der Waals surface area contributed by atoms with Crippen molar-refractivity contribution in [1.29, 1.82) is 0 Å². The summed E-state index contributed by atoms with van der Waals surface area (Å²) in [6, 6.07) is 7.77. The van der Waals surface area contributed by atoms with Gasteiger partial charge in [-0.05, 0) is 12.5 Å². The molecule has 0 amide bonds. The zero-order chi connectivity index (χ0) is 16.5. The zero-order valence-corrected chi connectivity index (χ0v) is 14.6. The fourth-order valence-electron chi connectivity index (χ4n) is 2.83. The number of nitrogens with one attached hydrogen (secondary N) is 1. The van der Waals surface area contributed by atoms with Gasteiger partial charge < -0.3 is 14.6 Å². The Kier molecular flexibility index (Phi) is 4.22. The number of hydrogen-bond donors (Lipinski definition) is 1. The van der Waals surface area contributed by atoms with Crippen LogP contribution in [0.25, 0.3) is 10.6 Å². The van der Waals surface area contributed by atoms with E-state index in [1.165, 1.54) is 11.3 Å². The minimum absolute atomic E-state index is 0.0855. The minimum Gasteiger partial charge on any atom is -0.368 e. The molecule has 6 nitrogen and oxygen atoms in total. The molecule has 3 aromatic rings. The van der Waals surface area contributed by atoms with E-state index in [2.05, 4.69) is 20.5 Å². The molecule has 4 rings (SSSR count). The van der Waals surface area contributed by atoms with Crippen LogP contribution in [0.3, 0.4) is 0 Å². The van der Waals surface area contributed by atoms with Crippen molar-refractivity contribution < 1.29 is 4.74 Å². The molecule has 1 aliphatic rings. The van der Waals surface area contributed by atoms with E-state index in [1.54, 1.807) is 6.20 Å². The molecule has 8 heteroatoms. The average molecular weight is 362 g/mol. The number of benzene rings is 1. The third-order valence-electron chi connectivity index (χ3n) is 4.04. The van der Waals surface area contributed by atoms with Crippen LogP contribution in [-0.2, 0) is 11.8 Å². The summed E-state index contributed by atoms with van der Waals surface area (Å²) < 4.78 is 7.85. The van der Waals surface area contributed by atoms with Crippen molar-refractivity contribution >= 4 is 28.1 Å². The number of hydrogen-bond acceptors (Lipinski definition) is 6. The molecule has 1 aromatic carbocycles. The summed E-state index contributed by atoms with van der Waals surface area (Å²) in [6.07, 6.45) is 4.53. The highest BCUT2D eigenvalue weighted by Crippen LogP contribution is 2.34. The van der Waals surface area contributed by atoms with E-state index >= 15 is 0 Å². The van der Waals surface area contributed by atoms with Gasteiger partial charge in [-0.2, -0.15) is 0 Å². The van der Waals surface area contributed by atoms with Crippen LogP contribution in [0.5, 0.6) is 0 Å². The predicted octanol–water partition coefficient (Wildman–Crippen LogP) is 3.53. The molecule has 1 saturated heterocycles. The fraction of sp³-hybridized carbons (Fsp3) is 0.312. The first-order valence-electron chi connectivity index (χ1n) is 7.66. The van der Waals surface area contributed by atoms with Gasteiger partial charge in [0.1, 0.15) is 11.9 Å². The lowest BCUT2D eigenvalue weighted by Crippen LogP contribution is -2.25. The Labute approximate surface area is 148 Å². The normalized spacial score (nSPS) is 20.4. The van der Waals surface area contributed by atoms with Gasteiger partial charge >= 0.3 is 0 Å². The van der Waals surface area contributed by atoms with Crippen LogP contribution < -0.4 is 5.32 Å². The van der Waals surface area contributed by atoms with Crippen molar-refractivity contribution in [2.24, 2.45) is 7.05 Å². The first-order chi connectivity index (χ1) is 11.7. The highest BCUT2D eigenvalue weighted by Gasteiger charge is 2.33. The number of ether oxygens (including phenoxy) is 1. The fourth-order valence-corrected chi connectivity index (χ4v) is 3.95. The Hall–Kier alpha value is -1.96. The lowest BCUT2D eigenvalue weighted by molar-refractivity contribution is 0.0983. The van der Waals surface area contributed by atoms with Gasteiger partial charge in [0.25, 0.3) is 0 Å². The number of rotatable bonds is 4. The molecule has 24 heavy (non-hydrogen) atoms. The molecule has 0 bridgehead atoms. The van der Waals surface area contributed by atoms with E-state index in [0.717, 1.165) is 27.9 Å². The van der Waals surface area contributed by atoms with Gasteiger partial charge in [-0.15, -0.1) is 10.2 Å². The average Bonchev–Trinajstić information content (AvgIpc) is 3.30. The standard InChI is InChI=1S/C16H16ClN5OS/c1-22-8-7-18-14(22)13-12(6-9-23-13)19-16-21-20-15(24-16)10-4-2-3-5-11(10)17/h2-5,7-8,12-13H,6,9H2,1H3,(H,19,21)/t12-,13-/m0/s1. The molecule has 1 aliphatic heterocycles. The second kappa shape index (κ2) is 6.51. The van der Waals surface area contributed by atoms with Gasteiger partial charge in [0.15, 0.2) is 5.01 Å². The van der Waals surface area contributed by atoms with Crippen molar-refractivity contribution in [1.82, 2.24) is 19.7 Å².